The highest BCUT2D eigenvalue weighted by Gasteiger charge is 2.64. The number of nitrogens with one attached hydrogen (secondary N) is 1. The maximum Gasteiger partial charge on any atom is 0.251 e. The number of carbonyl (C=O) groups is 2. The van der Waals surface area contributed by atoms with Crippen LogP contribution < -0.4 is 15.0 Å². The lowest BCUT2D eigenvalue weighted by molar-refractivity contribution is -0.164. The summed E-state index contributed by atoms with van der Waals surface area (Å²) < 4.78 is 6.28. The Labute approximate surface area is 199 Å². The molecule has 172 valence electrons. The zero-order valence-electron chi connectivity index (χ0n) is 19.3. The molecule has 0 atom stereocenters. The van der Waals surface area contributed by atoms with Crippen molar-refractivity contribution in [1.29, 1.82) is 5.26 Å². The maximum absolute atomic E-state index is 13.0. The van der Waals surface area contributed by atoms with Gasteiger partial charge in [-0.1, -0.05) is 39.3 Å². The van der Waals surface area contributed by atoms with Gasteiger partial charge in [-0.25, -0.2) is 0 Å². The van der Waals surface area contributed by atoms with Crippen LogP contribution in [0, 0.1) is 28.1 Å². The SMILES string of the molecule is CC1(C)C(NC(=O)c2ccc(N3CC(C=O)C3)cc2)C(C)(C)C1Oc1ccc(C#N)c(Cl)c1. The number of ether oxygens (including phenoxy) is 1. The Bertz CT molecular complexity index is 1100. The normalized spacial score (nSPS) is 23.0. The van der Waals surface area contributed by atoms with Gasteiger partial charge >= 0.3 is 0 Å². The van der Waals surface area contributed by atoms with E-state index in [0.29, 0.717) is 21.9 Å². The Morgan fingerprint density at radius 3 is 2.33 bits per heavy atom. The van der Waals surface area contributed by atoms with Gasteiger partial charge in [0, 0.05) is 53.2 Å². The molecular formula is C26H28ClN3O3. The number of nitrogens with zero attached hydrogens (tertiary/aromatic N) is 2. The second-order valence-electron chi connectivity index (χ2n) is 10.1. The Kier molecular flexibility index (Phi) is 5.88. The molecule has 6 nitrogen and oxygen atoms in total. The van der Waals surface area contributed by atoms with Gasteiger partial charge in [-0.2, -0.15) is 5.26 Å². The van der Waals surface area contributed by atoms with Crippen molar-refractivity contribution >= 4 is 29.5 Å². The van der Waals surface area contributed by atoms with E-state index in [-0.39, 0.29) is 34.8 Å². The lowest BCUT2D eigenvalue weighted by atomic mass is 9.49. The molecule has 7 heteroatoms. The number of aldehydes is 1. The number of nitriles is 1. The van der Waals surface area contributed by atoms with E-state index in [1.165, 1.54) is 0 Å². The quantitative estimate of drug-likeness (QED) is 0.637. The first-order valence-electron chi connectivity index (χ1n) is 11.1. The van der Waals surface area contributed by atoms with Gasteiger partial charge in [0.15, 0.2) is 0 Å². The summed E-state index contributed by atoms with van der Waals surface area (Å²) in [6, 6.07) is 14.5. The molecule has 1 aliphatic carbocycles. The number of hydrogen-bond donors (Lipinski definition) is 1. The fourth-order valence-electron chi connectivity index (χ4n) is 5.44. The van der Waals surface area contributed by atoms with Gasteiger partial charge in [-0.15, -0.1) is 0 Å². The van der Waals surface area contributed by atoms with Crippen molar-refractivity contribution < 1.29 is 14.3 Å². The Hall–Kier alpha value is -3.04. The zero-order chi connectivity index (χ0) is 24.0. The van der Waals surface area contributed by atoms with E-state index in [1.807, 2.05) is 30.3 Å². The third-order valence-corrected chi connectivity index (χ3v) is 7.34. The minimum absolute atomic E-state index is 0.0974. The molecule has 1 saturated heterocycles. The third kappa shape index (κ3) is 4.06. The Balaban J connectivity index is 1.42. The Morgan fingerprint density at radius 1 is 1.15 bits per heavy atom. The molecule has 0 unspecified atom stereocenters. The summed E-state index contributed by atoms with van der Waals surface area (Å²) in [5.74, 6) is 0.585. The van der Waals surface area contributed by atoms with Crippen molar-refractivity contribution in [2.45, 2.75) is 39.8 Å². The van der Waals surface area contributed by atoms with E-state index in [2.05, 4.69) is 37.9 Å². The second kappa shape index (κ2) is 8.39. The molecule has 1 amide bonds. The summed E-state index contributed by atoms with van der Waals surface area (Å²) in [4.78, 5) is 25.9. The average molecular weight is 466 g/mol. The first-order valence-corrected chi connectivity index (χ1v) is 11.4. The average Bonchev–Trinajstić information content (AvgIpc) is 2.75. The van der Waals surface area contributed by atoms with Gasteiger partial charge in [0.05, 0.1) is 10.6 Å². The number of anilines is 1. The van der Waals surface area contributed by atoms with Gasteiger partial charge < -0.3 is 19.7 Å². The van der Waals surface area contributed by atoms with Crippen LogP contribution >= 0.6 is 11.6 Å². The lowest BCUT2D eigenvalue weighted by Gasteiger charge is -2.63. The predicted octanol–water partition coefficient (Wildman–Crippen LogP) is 4.46. The monoisotopic (exact) mass is 465 g/mol. The van der Waals surface area contributed by atoms with Crippen molar-refractivity contribution in [1.82, 2.24) is 5.32 Å². The molecule has 1 N–H and O–H groups in total. The van der Waals surface area contributed by atoms with Crippen LogP contribution in [-0.4, -0.2) is 37.4 Å². The molecule has 1 aliphatic heterocycles. The number of amides is 1. The van der Waals surface area contributed by atoms with Crippen LogP contribution in [0.15, 0.2) is 42.5 Å². The zero-order valence-corrected chi connectivity index (χ0v) is 20.0. The van der Waals surface area contributed by atoms with E-state index in [0.717, 1.165) is 25.1 Å². The number of carbonyl (C=O) groups excluding carboxylic acids is 2. The molecule has 2 fully saturated rings. The molecule has 33 heavy (non-hydrogen) atoms. The van der Waals surface area contributed by atoms with Crippen molar-refractivity contribution in [2.24, 2.45) is 16.7 Å². The first kappa shape index (κ1) is 23.1. The standard InChI is InChI=1S/C26H28ClN3O3/c1-25(2)23(26(3,4)24(25)33-20-10-7-18(12-28)21(27)11-20)29-22(32)17-5-8-19(9-6-17)30-13-16(14-30)15-31/h5-11,15-16,23-24H,13-14H2,1-4H3,(H,29,32). The highest BCUT2D eigenvalue weighted by Crippen LogP contribution is 2.55. The molecular weight excluding hydrogens is 438 g/mol. The Morgan fingerprint density at radius 2 is 1.79 bits per heavy atom. The van der Waals surface area contributed by atoms with Gasteiger partial charge in [-0.3, -0.25) is 4.79 Å². The molecule has 0 spiro atoms. The van der Waals surface area contributed by atoms with Gasteiger partial charge in [-0.05, 0) is 36.4 Å². The van der Waals surface area contributed by atoms with Crippen LogP contribution in [0.5, 0.6) is 5.75 Å². The van der Waals surface area contributed by atoms with E-state index >= 15 is 0 Å². The number of halogens is 1. The minimum Gasteiger partial charge on any atom is -0.489 e. The molecule has 1 heterocycles. The van der Waals surface area contributed by atoms with E-state index in [9.17, 15) is 9.59 Å². The van der Waals surface area contributed by atoms with E-state index in [4.69, 9.17) is 21.6 Å². The molecule has 2 aliphatic rings. The molecule has 2 aromatic rings. The smallest absolute Gasteiger partial charge is 0.251 e. The van der Waals surface area contributed by atoms with E-state index in [1.54, 1.807) is 18.2 Å². The van der Waals surface area contributed by atoms with Crippen molar-refractivity contribution in [3.63, 3.8) is 0 Å². The van der Waals surface area contributed by atoms with Crippen LogP contribution in [0.4, 0.5) is 5.69 Å². The highest BCUT2D eigenvalue weighted by molar-refractivity contribution is 6.31. The third-order valence-electron chi connectivity index (χ3n) is 7.03. The molecule has 2 aromatic carbocycles. The fraction of sp³-hybridized carbons (Fsp3) is 0.423. The van der Waals surface area contributed by atoms with Gasteiger partial charge in [0.1, 0.15) is 24.2 Å². The van der Waals surface area contributed by atoms with Crippen molar-refractivity contribution in [2.75, 3.05) is 18.0 Å². The predicted molar refractivity (Wildman–Crippen MR) is 128 cm³/mol. The summed E-state index contributed by atoms with van der Waals surface area (Å²) in [5.41, 5.74) is 1.39. The van der Waals surface area contributed by atoms with Crippen LogP contribution in [0.3, 0.4) is 0 Å². The lowest BCUT2D eigenvalue weighted by Crippen LogP contribution is -2.74. The number of hydrogen-bond acceptors (Lipinski definition) is 5. The van der Waals surface area contributed by atoms with Gasteiger partial charge in [0.25, 0.3) is 5.91 Å². The maximum atomic E-state index is 13.0. The summed E-state index contributed by atoms with van der Waals surface area (Å²) in [7, 11) is 0. The summed E-state index contributed by atoms with van der Waals surface area (Å²) in [6.45, 7) is 9.77. The van der Waals surface area contributed by atoms with E-state index < -0.39 is 0 Å². The molecule has 0 aromatic heterocycles. The summed E-state index contributed by atoms with van der Waals surface area (Å²) >= 11 is 6.16. The van der Waals surface area contributed by atoms with Crippen LogP contribution in [-0.2, 0) is 4.79 Å². The largest absolute Gasteiger partial charge is 0.489 e. The molecule has 0 bridgehead atoms. The van der Waals surface area contributed by atoms with Crippen LogP contribution in [0.25, 0.3) is 0 Å². The van der Waals surface area contributed by atoms with Crippen molar-refractivity contribution in [3.8, 4) is 11.8 Å². The summed E-state index contributed by atoms with van der Waals surface area (Å²) in [5, 5.41) is 12.6. The number of benzene rings is 2. The number of rotatable bonds is 6. The van der Waals surface area contributed by atoms with Gasteiger partial charge in [0.2, 0.25) is 0 Å². The summed E-state index contributed by atoms with van der Waals surface area (Å²) in [6.07, 6.45) is 0.840. The topological polar surface area (TPSA) is 82.4 Å². The molecule has 0 radical (unpaired) electrons. The van der Waals surface area contributed by atoms with Crippen molar-refractivity contribution in [3.05, 3.63) is 58.6 Å². The minimum atomic E-state index is -0.318. The molecule has 4 rings (SSSR count). The fourth-order valence-corrected chi connectivity index (χ4v) is 5.66. The molecule has 1 saturated carbocycles. The van der Waals surface area contributed by atoms with Crippen LogP contribution in [0.2, 0.25) is 5.02 Å². The highest BCUT2D eigenvalue weighted by atomic mass is 35.5. The second-order valence-corrected chi connectivity index (χ2v) is 10.6. The van der Waals surface area contributed by atoms with Crippen LogP contribution in [0.1, 0.15) is 43.6 Å². The first-order chi connectivity index (χ1) is 15.6.